The number of halogens is 1. The number of benzene rings is 2. The Labute approximate surface area is 181 Å². The SMILES string of the molecule is CCOc1ccc(-c2ccc(N3CCN(S(=O)(=O)c4cccc(F)c4)CC3)nn2)cc1. The molecule has 1 saturated heterocycles. The molecule has 0 atom stereocenters. The van der Waals surface area contributed by atoms with E-state index in [9.17, 15) is 12.8 Å². The normalized spacial score (nSPS) is 15.1. The van der Waals surface area contributed by atoms with Gasteiger partial charge in [-0.2, -0.15) is 4.31 Å². The van der Waals surface area contributed by atoms with Gasteiger partial charge in [0.15, 0.2) is 5.82 Å². The largest absolute Gasteiger partial charge is 0.494 e. The van der Waals surface area contributed by atoms with Crippen molar-refractivity contribution in [2.75, 3.05) is 37.7 Å². The number of rotatable bonds is 6. The summed E-state index contributed by atoms with van der Waals surface area (Å²) in [6.07, 6.45) is 0. The first-order chi connectivity index (χ1) is 15.0. The van der Waals surface area contributed by atoms with Crippen LogP contribution in [0.25, 0.3) is 11.3 Å². The molecule has 1 fully saturated rings. The quantitative estimate of drug-likeness (QED) is 0.584. The van der Waals surface area contributed by atoms with Crippen LogP contribution in [-0.2, 0) is 10.0 Å². The highest BCUT2D eigenvalue weighted by atomic mass is 32.2. The molecule has 162 valence electrons. The molecule has 0 saturated carbocycles. The molecule has 1 aromatic heterocycles. The number of ether oxygens (including phenoxy) is 1. The molecule has 4 rings (SSSR count). The minimum atomic E-state index is -3.72. The molecule has 0 aliphatic carbocycles. The maximum atomic E-state index is 13.4. The van der Waals surface area contributed by atoms with E-state index in [4.69, 9.17) is 4.74 Å². The van der Waals surface area contributed by atoms with Crippen molar-refractivity contribution in [1.82, 2.24) is 14.5 Å². The van der Waals surface area contributed by atoms with Crippen LogP contribution in [-0.4, -0.2) is 55.7 Å². The van der Waals surface area contributed by atoms with Crippen molar-refractivity contribution in [3.05, 3.63) is 66.5 Å². The number of aromatic nitrogens is 2. The van der Waals surface area contributed by atoms with Crippen LogP contribution < -0.4 is 9.64 Å². The van der Waals surface area contributed by atoms with Gasteiger partial charge in [0.2, 0.25) is 10.0 Å². The van der Waals surface area contributed by atoms with Crippen molar-refractivity contribution in [3.8, 4) is 17.0 Å². The summed E-state index contributed by atoms with van der Waals surface area (Å²) < 4.78 is 45.8. The van der Waals surface area contributed by atoms with Gasteiger partial charge in [0, 0.05) is 31.7 Å². The maximum Gasteiger partial charge on any atom is 0.243 e. The minimum absolute atomic E-state index is 0.0274. The number of hydrogen-bond donors (Lipinski definition) is 0. The molecule has 7 nitrogen and oxygen atoms in total. The Morgan fingerprint density at radius 3 is 2.32 bits per heavy atom. The summed E-state index contributed by atoms with van der Waals surface area (Å²) in [6, 6.07) is 16.5. The fourth-order valence-corrected chi connectivity index (χ4v) is 4.92. The number of piperazine rings is 1. The predicted molar refractivity (Wildman–Crippen MR) is 116 cm³/mol. The van der Waals surface area contributed by atoms with Gasteiger partial charge in [-0.25, -0.2) is 12.8 Å². The molecule has 1 aliphatic heterocycles. The number of anilines is 1. The highest BCUT2D eigenvalue weighted by Gasteiger charge is 2.29. The lowest BCUT2D eigenvalue weighted by molar-refractivity contribution is 0.340. The van der Waals surface area contributed by atoms with Gasteiger partial charge in [-0.1, -0.05) is 6.07 Å². The summed E-state index contributed by atoms with van der Waals surface area (Å²) in [5.41, 5.74) is 1.69. The summed E-state index contributed by atoms with van der Waals surface area (Å²) in [5.74, 6) is 0.932. The fraction of sp³-hybridized carbons (Fsp3) is 0.273. The van der Waals surface area contributed by atoms with E-state index in [1.54, 1.807) is 0 Å². The summed E-state index contributed by atoms with van der Waals surface area (Å²) >= 11 is 0. The Morgan fingerprint density at radius 1 is 0.968 bits per heavy atom. The van der Waals surface area contributed by atoms with Crippen LogP contribution in [0.1, 0.15) is 6.92 Å². The van der Waals surface area contributed by atoms with Gasteiger partial charge in [0.1, 0.15) is 11.6 Å². The van der Waals surface area contributed by atoms with Gasteiger partial charge in [-0.05, 0) is 61.5 Å². The minimum Gasteiger partial charge on any atom is -0.494 e. The van der Waals surface area contributed by atoms with E-state index in [1.807, 2.05) is 48.2 Å². The van der Waals surface area contributed by atoms with E-state index in [0.717, 1.165) is 23.1 Å². The van der Waals surface area contributed by atoms with Crippen molar-refractivity contribution in [2.45, 2.75) is 11.8 Å². The van der Waals surface area contributed by atoms with Crippen LogP contribution in [0.4, 0.5) is 10.2 Å². The van der Waals surface area contributed by atoms with Crippen LogP contribution in [0.2, 0.25) is 0 Å². The van der Waals surface area contributed by atoms with Crippen LogP contribution in [0.5, 0.6) is 5.75 Å². The lowest BCUT2D eigenvalue weighted by atomic mass is 10.1. The molecule has 0 unspecified atom stereocenters. The molecule has 0 N–H and O–H groups in total. The molecule has 2 aromatic carbocycles. The molecule has 31 heavy (non-hydrogen) atoms. The zero-order valence-corrected chi connectivity index (χ0v) is 17.9. The monoisotopic (exact) mass is 442 g/mol. The van der Waals surface area contributed by atoms with Gasteiger partial charge in [-0.3, -0.25) is 0 Å². The second-order valence-corrected chi connectivity index (χ2v) is 9.02. The van der Waals surface area contributed by atoms with E-state index in [0.29, 0.717) is 38.6 Å². The summed E-state index contributed by atoms with van der Waals surface area (Å²) in [6.45, 7) is 4.10. The van der Waals surface area contributed by atoms with Crippen LogP contribution in [0.15, 0.2) is 65.6 Å². The summed E-state index contributed by atoms with van der Waals surface area (Å²) in [5, 5.41) is 8.64. The Kier molecular flexibility index (Phi) is 6.15. The van der Waals surface area contributed by atoms with Crippen molar-refractivity contribution >= 4 is 15.8 Å². The van der Waals surface area contributed by atoms with Gasteiger partial charge in [0.05, 0.1) is 17.2 Å². The van der Waals surface area contributed by atoms with E-state index in [-0.39, 0.29) is 4.90 Å². The lowest BCUT2D eigenvalue weighted by Crippen LogP contribution is -2.49. The van der Waals surface area contributed by atoms with Gasteiger partial charge in [0.25, 0.3) is 0 Å². The van der Waals surface area contributed by atoms with E-state index in [1.165, 1.54) is 22.5 Å². The maximum absolute atomic E-state index is 13.4. The highest BCUT2D eigenvalue weighted by molar-refractivity contribution is 7.89. The molecule has 0 radical (unpaired) electrons. The molecule has 1 aliphatic rings. The van der Waals surface area contributed by atoms with Crippen LogP contribution in [0, 0.1) is 5.82 Å². The predicted octanol–water partition coefficient (Wildman–Crippen LogP) is 3.19. The van der Waals surface area contributed by atoms with Crippen molar-refractivity contribution in [3.63, 3.8) is 0 Å². The first kappa shape index (κ1) is 21.2. The summed E-state index contributed by atoms with van der Waals surface area (Å²) in [7, 11) is -3.72. The third-order valence-corrected chi connectivity index (χ3v) is 7.00. The molecule has 3 aromatic rings. The zero-order chi connectivity index (χ0) is 21.8. The summed E-state index contributed by atoms with van der Waals surface area (Å²) in [4.78, 5) is 1.97. The van der Waals surface area contributed by atoms with E-state index < -0.39 is 15.8 Å². The van der Waals surface area contributed by atoms with E-state index >= 15 is 0 Å². The fourth-order valence-electron chi connectivity index (χ4n) is 3.47. The molecule has 2 heterocycles. The number of nitrogens with zero attached hydrogens (tertiary/aromatic N) is 4. The van der Waals surface area contributed by atoms with Crippen molar-refractivity contribution in [2.24, 2.45) is 0 Å². The first-order valence-corrected chi connectivity index (χ1v) is 11.5. The molecule has 0 spiro atoms. The Balaban J connectivity index is 1.41. The Hall–Kier alpha value is -3.04. The van der Waals surface area contributed by atoms with Gasteiger partial charge >= 0.3 is 0 Å². The second kappa shape index (κ2) is 8.99. The number of hydrogen-bond acceptors (Lipinski definition) is 6. The van der Waals surface area contributed by atoms with Crippen LogP contribution >= 0.6 is 0 Å². The van der Waals surface area contributed by atoms with E-state index in [2.05, 4.69) is 10.2 Å². The molecule has 0 amide bonds. The molecule has 9 heteroatoms. The van der Waals surface area contributed by atoms with Gasteiger partial charge in [-0.15, -0.1) is 10.2 Å². The smallest absolute Gasteiger partial charge is 0.243 e. The van der Waals surface area contributed by atoms with Gasteiger partial charge < -0.3 is 9.64 Å². The Bertz CT molecular complexity index is 1130. The second-order valence-electron chi connectivity index (χ2n) is 7.08. The van der Waals surface area contributed by atoms with Crippen molar-refractivity contribution < 1.29 is 17.5 Å². The third kappa shape index (κ3) is 4.67. The van der Waals surface area contributed by atoms with Crippen molar-refractivity contribution in [1.29, 1.82) is 0 Å². The number of sulfonamides is 1. The molecule has 0 bridgehead atoms. The lowest BCUT2D eigenvalue weighted by Gasteiger charge is -2.34. The average Bonchev–Trinajstić information content (AvgIpc) is 2.80. The Morgan fingerprint density at radius 2 is 1.71 bits per heavy atom. The molecular weight excluding hydrogens is 419 g/mol. The third-order valence-electron chi connectivity index (χ3n) is 5.11. The first-order valence-electron chi connectivity index (χ1n) is 10.0. The zero-order valence-electron chi connectivity index (χ0n) is 17.1. The van der Waals surface area contributed by atoms with Crippen LogP contribution in [0.3, 0.4) is 0 Å². The highest BCUT2D eigenvalue weighted by Crippen LogP contribution is 2.23. The molecular formula is C22H23FN4O3S. The average molecular weight is 443 g/mol. The standard InChI is InChI=1S/C22H23FN4O3S/c1-2-30-19-8-6-17(7-9-19)21-10-11-22(25-24-21)26-12-14-27(15-13-26)31(28,29)20-5-3-4-18(23)16-20/h3-11,16H,2,12-15H2,1H3. The topological polar surface area (TPSA) is 75.6 Å².